The predicted octanol–water partition coefficient (Wildman–Crippen LogP) is 2.80. The molecule has 4 heteroatoms. The fourth-order valence-electron chi connectivity index (χ4n) is 3.60. The Morgan fingerprint density at radius 2 is 2.17 bits per heavy atom. The first-order chi connectivity index (χ1) is 11.1. The van der Waals surface area contributed by atoms with E-state index in [4.69, 9.17) is 5.73 Å². The van der Waals surface area contributed by atoms with Gasteiger partial charge in [-0.25, -0.2) is 0 Å². The molecule has 0 spiro atoms. The van der Waals surface area contributed by atoms with Crippen LogP contribution in [0.2, 0.25) is 0 Å². The molecule has 1 aliphatic carbocycles. The molecule has 23 heavy (non-hydrogen) atoms. The molecule has 3 N–H and O–H groups in total. The highest BCUT2D eigenvalue weighted by Crippen LogP contribution is 2.31. The van der Waals surface area contributed by atoms with Gasteiger partial charge < -0.3 is 11.1 Å². The van der Waals surface area contributed by atoms with Gasteiger partial charge in [0.2, 0.25) is 5.91 Å². The van der Waals surface area contributed by atoms with Gasteiger partial charge in [0.1, 0.15) is 0 Å². The zero-order valence-corrected chi connectivity index (χ0v) is 13.7. The number of para-hydroxylation sites is 1. The Kier molecular flexibility index (Phi) is 4.62. The first-order valence-corrected chi connectivity index (χ1v) is 8.47. The minimum absolute atomic E-state index is 0.0677. The van der Waals surface area contributed by atoms with Crippen LogP contribution < -0.4 is 11.1 Å². The number of pyridine rings is 1. The van der Waals surface area contributed by atoms with E-state index in [0.29, 0.717) is 6.54 Å². The number of nitrogens with two attached hydrogens (primary N) is 1. The van der Waals surface area contributed by atoms with Crippen molar-refractivity contribution in [3.05, 3.63) is 42.1 Å². The van der Waals surface area contributed by atoms with E-state index >= 15 is 0 Å². The van der Waals surface area contributed by atoms with E-state index in [0.717, 1.165) is 43.0 Å². The van der Waals surface area contributed by atoms with Crippen molar-refractivity contribution in [2.75, 3.05) is 6.54 Å². The number of hydrogen-bond acceptors (Lipinski definition) is 3. The van der Waals surface area contributed by atoms with E-state index in [-0.39, 0.29) is 17.4 Å². The van der Waals surface area contributed by atoms with Crippen molar-refractivity contribution in [2.45, 2.75) is 44.6 Å². The van der Waals surface area contributed by atoms with Gasteiger partial charge in [-0.1, -0.05) is 37.1 Å². The molecule has 0 bridgehead atoms. The van der Waals surface area contributed by atoms with Crippen LogP contribution in [-0.4, -0.2) is 23.0 Å². The van der Waals surface area contributed by atoms with Crippen molar-refractivity contribution in [1.82, 2.24) is 10.3 Å². The summed E-state index contributed by atoms with van der Waals surface area (Å²) in [7, 11) is 0. The standard InChI is InChI=1S/C19H25N3O/c1-19(20)11-3-2-9-16(19)18(23)22-13-10-15-7-4-6-14-8-5-12-21-17(14)15/h4-8,12,16H,2-3,9-11,13,20H2,1H3,(H,22,23). The maximum Gasteiger partial charge on any atom is 0.224 e. The van der Waals surface area contributed by atoms with Gasteiger partial charge in [-0.2, -0.15) is 0 Å². The number of aromatic nitrogens is 1. The molecule has 1 heterocycles. The number of carbonyl (C=O) groups excluding carboxylic acids is 1. The second-order valence-electron chi connectivity index (χ2n) is 6.84. The summed E-state index contributed by atoms with van der Waals surface area (Å²) in [6.45, 7) is 2.63. The number of hydrogen-bond donors (Lipinski definition) is 2. The van der Waals surface area contributed by atoms with E-state index in [1.54, 1.807) is 0 Å². The van der Waals surface area contributed by atoms with Crippen molar-refractivity contribution in [3.8, 4) is 0 Å². The van der Waals surface area contributed by atoms with E-state index in [1.165, 1.54) is 5.56 Å². The summed E-state index contributed by atoms with van der Waals surface area (Å²) in [4.78, 5) is 16.9. The largest absolute Gasteiger partial charge is 0.355 e. The van der Waals surface area contributed by atoms with Crippen molar-refractivity contribution in [2.24, 2.45) is 11.7 Å². The lowest BCUT2D eigenvalue weighted by atomic mass is 9.74. The number of benzene rings is 1. The summed E-state index contributed by atoms with van der Waals surface area (Å²) in [6, 6.07) is 10.2. The summed E-state index contributed by atoms with van der Waals surface area (Å²) >= 11 is 0. The van der Waals surface area contributed by atoms with Crippen LogP contribution >= 0.6 is 0 Å². The maximum atomic E-state index is 12.5. The molecule has 0 radical (unpaired) electrons. The minimum atomic E-state index is -0.372. The number of nitrogens with zero attached hydrogens (tertiary/aromatic N) is 1. The number of amides is 1. The van der Waals surface area contributed by atoms with Crippen LogP contribution in [0.4, 0.5) is 0 Å². The average Bonchev–Trinajstić information content (AvgIpc) is 2.54. The normalized spacial score (nSPS) is 24.5. The molecule has 0 aliphatic heterocycles. The third-order valence-electron chi connectivity index (χ3n) is 4.98. The molecule has 1 saturated carbocycles. The fourth-order valence-corrected chi connectivity index (χ4v) is 3.60. The van der Waals surface area contributed by atoms with Gasteiger partial charge in [0, 0.05) is 23.7 Å². The van der Waals surface area contributed by atoms with Crippen LogP contribution in [0.5, 0.6) is 0 Å². The first-order valence-electron chi connectivity index (χ1n) is 8.47. The molecule has 1 fully saturated rings. The lowest BCUT2D eigenvalue weighted by Crippen LogP contribution is -2.53. The van der Waals surface area contributed by atoms with Crippen molar-refractivity contribution in [1.29, 1.82) is 0 Å². The van der Waals surface area contributed by atoms with Gasteiger partial charge in [0.25, 0.3) is 0 Å². The van der Waals surface area contributed by atoms with Gasteiger partial charge >= 0.3 is 0 Å². The Hall–Kier alpha value is -1.94. The lowest BCUT2D eigenvalue weighted by molar-refractivity contribution is -0.128. The van der Waals surface area contributed by atoms with Crippen molar-refractivity contribution < 1.29 is 4.79 Å². The van der Waals surface area contributed by atoms with Gasteiger partial charge in [0.15, 0.2) is 0 Å². The predicted molar refractivity (Wildman–Crippen MR) is 93.0 cm³/mol. The van der Waals surface area contributed by atoms with Gasteiger partial charge in [-0.3, -0.25) is 9.78 Å². The Balaban J connectivity index is 1.61. The molecular weight excluding hydrogens is 286 g/mol. The fraction of sp³-hybridized carbons (Fsp3) is 0.474. The molecule has 3 rings (SSSR count). The SMILES string of the molecule is CC1(N)CCCCC1C(=O)NCCc1cccc2cccnc12. The zero-order valence-electron chi connectivity index (χ0n) is 13.7. The van der Waals surface area contributed by atoms with Crippen LogP contribution in [0.1, 0.15) is 38.2 Å². The number of rotatable bonds is 4. The minimum Gasteiger partial charge on any atom is -0.355 e. The van der Waals surface area contributed by atoms with Crippen molar-refractivity contribution >= 4 is 16.8 Å². The smallest absolute Gasteiger partial charge is 0.224 e. The van der Waals surface area contributed by atoms with Crippen LogP contribution in [0.3, 0.4) is 0 Å². The maximum absolute atomic E-state index is 12.5. The van der Waals surface area contributed by atoms with Gasteiger partial charge in [0.05, 0.1) is 11.4 Å². The third-order valence-corrected chi connectivity index (χ3v) is 4.98. The Bertz CT molecular complexity index is 691. The molecule has 2 unspecified atom stereocenters. The van der Waals surface area contributed by atoms with Crippen LogP contribution in [0, 0.1) is 5.92 Å². The van der Waals surface area contributed by atoms with E-state index < -0.39 is 0 Å². The molecule has 2 atom stereocenters. The zero-order chi connectivity index (χ0) is 16.3. The second kappa shape index (κ2) is 6.67. The quantitative estimate of drug-likeness (QED) is 0.912. The number of carbonyl (C=O) groups is 1. The molecule has 122 valence electrons. The molecule has 1 aliphatic rings. The Morgan fingerprint density at radius 3 is 3.00 bits per heavy atom. The molecule has 4 nitrogen and oxygen atoms in total. The summed E-state index contributed by atoms with van der Waals surface area (Å²) in [6.07, 6.45) is 6.64. The van der Waals surface area contributed by atoms with E-state index in [9.17, 15) is 4.79 Å². The highest BCUT2D eigenvalue weighted by atomic mass is 16.1. The van der Waals surface area contributed by atoms with Gasteiger partial charge in [-0.15, -0.1) is 0 Å². The molecular formula is C19H25N3O. The summed E-state index contributed by atoms with van der Waals surface area (Å²) in [5, 5.41) is 4.21. The van der Waals surface area contributed by atoms with Crippen LogP contribution in [-0.2, 0) is 11.2 Å². The second-order valence-corrected chi connectivity index (χ2v) is 6.84. The molecule has 1 amide bonds. The number of fused-ring (bicyclic) bond motifs is 1. The number of nitrogens with one attached hydrogen (secondary N) is 1. The Morgan fingerprint density at radius 1 is 1.35 bits per heavy atom. The molecule has 1 aromatic heterocycles. The molecule has 0 saturated heterocycles. The van der Waals surface area contributed by atoms with E-state index in [1.807, 2.05) is 25.3 Å². The molecule has 2 aromatic rings. The average molecular weight is 311 g/mol. The Labute approximate surface area is 137 Å². The highest BCUT2D eigenvalue weighted by Gasteiger charge is 2.37. The van der Waals surface area contributed by atoms with E-state index in [2.05, 4.69) is 28.5 Å². The van der Waals surface area contributed by atoms with Crippen LogP contribution in [0.15, 0.2) is 36.5 Å². The topological polar surface area (TPSA) is 68.0 Å². The first kappa shape index (κ1) is 15.9. The van der Waals surface area contributed by atoms with Gasteiger partial charge in [-0.05, 0) is 37.8 Å². The van der Waals surface area contributed by atoms with Crippen LogP contribution in [0.25, 0.3) is 10.9 Å². The van der Waals surface area contributed by atoms with Crippen molar-refractivity contribution in [3.63, 3.8) is 0 Å². The summed E-state index contributed by atoms with van der Waals surface area (Å²) in [5.74, 6) is 0.0322. The molecule has 1 aromatic carbocycles. The lowest BCUT2D eigenvalue weighted by Gasteiger charge is -2.37. The highest BCUT2D eigenvalue weighted by molar-refractivity contribution is 5.82. The monoisotopic (exact) mass is 311 g/mol. The summed E-state index contributed by atoms with van der Waals surface area (Å²) in [5.41, 5.74) is 8.13. The summed E-state index contributed by atoms with van der Waals surface area (Å²) < 4.78 is 0. The third kappa shape index (κ3) is 3.53.